The van der Waals surface area contributed by atoms with Crippen molar-refractivity contribution < 1.29 is 24.1 Å². The normalized spacial score (nSPS) is 17.1. The van der Waals surface area contributed by atoms with Crippen molar-refractivity contribution in [1.82, 2.24) is 5.32 Å². The van der Waals surface area contributed by atoms with Crippen LogP contribution in [0.5, 0.6) is 11.5 Å². The molecule has 1 aliphatic carbocycles. The zero-order valence-electron chi connectivity index (χ0n) is 29.0. The Morgan fingerprint density at radius 3 is 2.30 bits per heavy atom. The fourth-order valence-corrected chi connectivity index (χ4v) is 6.57. The van der Waals surface area contributed by atoms with Crippen molar-refractivity contribution in [3.05, 3.63) is 23.8 Å². The first-order valence-corrected chi connectivity index (χ1v) is 16.9. The second-order valence-corrected chi connectivity index (χ2v) is 14.5. The number of aliphatic hydroxyl groups excluding tert-OH is 1. The summed E-state index contributed by atoms with van der Waals surface area (Å²) in [5, 5.41) is 14.5. The molecule has 1 saturated carbocycles. The minimum Gasteiger partial charge on any atom is -0.493 e. The van der Waals surface area contributed by atoms with E-state index >= 15 is 0 Å². The first-order chi connectivity index (χ1) is 20.4. The lowest BCUT2D eigenvalue weighted by molar-refractivity contribution is -0.128. The number of ether oxygens (including phenoxy) is 3. The van der Waals surface area contributed by atoms with E-state index < -0.39 is 12.1 Å². The Kier molecular flexibility index (Phi) is 18.9. The van der Waals surface area contributed by atoms with Gasteiger partial charge in [-0.15, -0.1) is 12.4 Å². The molecular weight excluding hydrogens is 576 g/mol. The second-order valence-electron chi connectivity index (χ2n) is 14.5. The summed E-state index contributed by atoms with van der Waals surface area (Å²) in [5.74, 6) is 2.74. The van der Waals surface area contributed by atoms with Crippen molar-refractivity contribution >= 4 is 18.3 Å². The maximum Gasteiger partial charge on any atom is 0.223 e. The van der Waals surface area contributed by atoms with Gasteiger partial charge in [0.25, 0.3) is 0 Å². The van der Waals surface area contributed by atoms with E-state index in [-0.39, 0.29) is 41.5 Å². The molecule has 8 heteroatoms. The first kappa shape index (κ1) is 40.5. The Bertz CT molecular complexity index is 935. The second kappa shape index (κ2) is 20.6. The average Bonchev–Trinajstić information content (AvgIpc) is 2.96. The quantitative estimate of drug-likeness (QED) is 0.130. The van der Waals surface area contributed by atoms with Gasteiger partial charge in [-0.1, -0.05) is 79.7 Å². The van der Waals surface area contributed by atoms with Crippen LogP contribution in [-0.4, -0.2) is 57.1 Å². The third kappa shape index (κ3) is 14.3. The monoisotopic (exact) mass is 640 g/mol. The molecule has 0 saturated heterocycles. The van der Waals surface area contributed by atoms with Crippen LogP contribution in [0.15, 0.2) is 18.2 Å². The molecule has 44 heavy (non-hydrogen) atoms. The van der Waals surface area contributed by atoms with Crippen molar-refractivity contribution in [3.8, 4) is 11.5 Å². The van der Waals surface area contributed by atoms with Gasteiger partial charge in [-0.05, 0) is 72.5 Å². The summed E-state index contributed by atoms with van der Waals surface area (Å²) in [4.78, 5) is 13.4. The van der Waals surface area contributed by atoms with E-state index in [4.69, 9.17) is 19.9 Å². The van der Waals surface area contributed by atoms with Crippen LogP contribution in [0, 0.1) is 35.0 Å². The van der Waals surface area contributed by atoms with Crippen LogP contribution < -0.4 is 20.5 Å². The molecule has 1 aromatic rings. The smallest absolute Gasteiger partial charge is 0.223 e. The Labute approximate surface area is 275 Å². The number of rotatable bonds is 20. The average molecular weight is 641 g/mol. The number of hydrogen-bond donors (Lipinski definition) is 3. The van der Waals surface area contributed by atoms with Gasteiger partial charge in [-0.3, -0.25) is 4.79 Å². The Balaban J connectivity index is 0.00000968. The summed E-state index contributed by atoms with van der Waals surface area (Å²) in [6, 6.07) is 5.67. The predicted molar refractivity (Wildman–Crippen MR) is 184 cm³/mol. The molecule has 7 nitrogen and oxygen atoms in total. The number of nitrogens with one attached hydrogen (secondary N) is 1. The fraction of sp³-hybridized carbons (Fsp3) is 0.806. The lowest BCUT2D eigenvalue weighted by atomic mass is 9.76. The molecule has 0 heterocycles. The van der Waals surface area contributed by atoms with Gasteiger partial charge < -0.3 is 30.4 Å². The van der Waals surface area contributed by atoms with Gasteiger partial charge in [0.2, 0.25) is 5.91 Å². The van der Waals surface area contributed by atoms with Gasteiger partial charge >= 0.3 is 0 Å². The first-order valence-electron chi connectivity index (χ1n) is 16.9. The van der Waals surface area contributed by atoms with Crippen molar-refractivity contribution in [2.45, 2.75) is 118 Å². The third-order valence-corrected chi connectivity index (χ3v) is 9.43. The standard InChI is InChI=1S/C36H64N2O5.ClH/c1-25(2)29(19-28-15-16-33(42-8)34(20-28)43-18-12-17-41-7)21-31(37)32(39)22-30(26(3)4)35(40)38-24-36(5,6)23-27-13-10-9-11-14-27;/h15-16,20,25-27,29-32,39H,9-14,17-19,21-24,37H2,1-8H3,(H,38,40);1H/t29-,30-,31-,32-;/m0./s1. The molecule has 0 aromatic heterocycles. The molecule has 256 valence electrons. The molecule has 0 bridgehead atoms. The van der Waals surface area contributed by atoms with Gasteiger partial charge in [0.1, 0.15) is 0 Å². The number of halogens is 1. The molecule has 0 aliphatic heterocycles. The maximum absolute atomic E-state index is 13.4. The number of hydrogen-bond acceptors (Lipinski definition) is 6. The number of amides is 1. The van der Waals surface area contributed by atoms with Crippen molar-refractivity contribution in [2.75, 3.05) is 34.0 Å². The fourth-order valence-electron chi connectivity index (χ4n) is 6.57. The van der Waals surface area contributed by atoms with Crippen molar-refractivity contribution in [2.24, 2.45) is 40.7 Å². The zero-order valence-corrected chi connectivity index (χ0v) is 29.8. The topological polar surface area (TPSA) is 103 Å². The Morgan fingerprint density at radius 2 is 1.70 bits per heavy atom. The van der Waals surface area contributed by atoms with Crippen molar-refractivity contribution in [1.29, 1.82) is 0 Å². The summed E-state index contributed by atoms with van der Waals surface area (Å²) < 4.78 is 16.6. The highest BCUT2D eigenvalue weighted by molar-refractivity contribution is 5.85. The summed E-state index contributed by atoms with van der Waals surface area (Å²) in [5.41, 5.74) is 7.85. The Morgan fingerprint density at radius 1 is 1.02 bits per heavy atom. The van der Waals surface area contributed by atoms with Gasteiger partial charge in [0.05, 0.1) is 19.8 Å². The van der Waals surface area contributed by atoms with Crippen LogP contribution in [-0.2, 0) is 16.0 Å². The molecule has 1 aromatic carbocycles. The van der Waals surface area contributed by atoms with E-state index in [1.165, 1.54) is 32.1 Å². The minimum absolute atomic E-state index is 0. The Hall–Kier alpha value is -1.54. The third-order valence-electron chi connectivity index (χ3n) is 9.43. The molecule has 0 radical (unpaired) electrons. The molecule has 4 N–H and O–H groups in total. The number of nitrogens with two attached hydrogens (primary N) is 1. The van der Waals surface area contributed by atoms with E-state index in [1.54, 1.807) is 14.2 Å². The molecule has 0 unspecified atom stereocenters. The summed E-state index contributed by atoms with van der Waals surface area (Å²) in [7, 11) is 3.34. The zero-order chi connectivity index (χ0) is 32.0. The van der Waals surface area contributed by atoms with Gasteiger partial charge in [-0.2, -0.15) is 0 Å². The minimum atomic E-state index is -0.745. The largest absolute Gasteiger partial charge is 0.493 e. The number of carbonyl (C=O) groups is 1. The number of carbonyl (C=O) groups excluding carboxylic acids is 1. The maximum atomic E-state index is 13.4. The highest BCUT2D eigenvalue weighted by Crippen LogP contribution is 2.35. The van der Waals surface area contributed by atoms with Crippen LogP contribution in [0.2, 0.25) is 0 Å². The SMILES string of the molecule is COCCCOc1cc(C[C@@H](C[C@H](N)[C@@H](O)C[C@H](C(=O)NCC(C)(C)CC2CCCCC2)C(C)C)C(C)C)ccc1OC.Cl. The number of benzene rings is 1. The molecule has 4 atom stereocenters. The van der Waals surface area contributed by atoms with Crippen LogP contribution in [0.25, 0.3) is 0 Å². The molecule has 0 spiro atoms. The molecule has 1 aliphatic rings. The number of methoxy groups -OCH3 is 2. The van der Waals surface area contributed by atoms with E-state index in [9.17, 15) is 9.90 Å². The van der Waals surface area contributed by atoms with Crippen LogP contribution in [0.3, 0.4) is 0 Å². The van der Waals surface area contributed by atoms with Crippen LogP contribution in [0.4, 0.5) is 0 Å². The summed E-state index contributed by atoms with van der Waals surface area (Å²) in [6.45, 7) is 14.9. The van der Waals surface area contributed by atoms with Gasteiger partial charge in [-0.25, -0.2) is 0 Å². The summed E-state index contributed by atoms with van der Waals surface area (Å²) >= 11 is 0. The lowest BCUT2D eigenvalue weighted by Crippen LogP contribution is -2.44. The lowest BCUT2D eigenvalue weighted by Gasteiger charge is -2.33. The van der Waals surface area contributed by atoms with Crippen LogP contribution >= 0.6 is 12.4 Å². The summed E-state index contributed by atoms with van der Waals surface area (Å²) in [6.07, 6.45) is 9.75. The molecular formula is C36H65ClN2O5. The van der Waals surface area contributed by atoms with E-state index in [0.717, 1.165) is 36.5 Å². The van der Waals surface area contributed by atoms with Gasteiger partial charge in [0.15, 0.2) is 11.5 Å². The van der Waals surface area contributed by atoms with E-state index in [0.29, 0.717) is 44.3 Å². The van der Waals surface area contributed by atoms with E-state index in [1.807, 2.05) is 6.07 Å². The predicted octanol–water partition coefficient (Wildman–Crippen LogP) is 7.20. The molecule has 1 amide bonds. The van der Waals surface area contributed by atoms with Gasteiger partial charge in [0, 0.05) is 38.6 Å². The molecule has 2 rings (SSSR count). The van der Waals surface area contributed by atoms with Crippen molar-refractivity contribution in [3.63, 3.8) is 0 Å². The van der Waals surface area contributed by atoms with E-state index in [2.05, 4.69) is 59.0 Å². The molecule has 1 fully saturated rings. The highest BCUT2D eigenvalue weighted by atomic mass is 35.5. The number of aliphatic hydroxyl groups is 1. The van der Waals surface area contributed by atoms with Crippen LogP contribution in [0.1, 0.15) is 105 Å². The highest BCUT2D eigenvalue weighted by Gasteiger charge is 2.31.